The molecule has 10 nitrogen and oxygen atoms in total. The van der Waals surface area contributed by atoms with Crippen molar-refractivity contribution in [2.75, 3.05) is 0 Å². The largest absolute Gasteiger partial charge is 0.475 e. The van der Waals surface area contributed by atoms with Crippen molar-refractivity contribution < 1.29 is 42.6 Å². The first-order chi connectivity index (χ1) is 16.1. The van der Waals surface area contributed by atoms with Gasteiger partial charge in [0.15, 0.2) is 0 Å². The molecule has 4 N–H and O–H groups in total. The first-order valence-electron chi connectivity index (χ1n) is 11.8. The number of alkyl halides is 2. The minimum Gasteiger partial charge on any atom is -0.475 e. The maximum Gasteiger partial charge on any atom is 0.408 e. The molecule has 1 aliphatic carbocycles. The van der Waals surface area contributed by atoms with Crippen LogP contribution in [0.2, 0.25) is 0 Å². The highest BCUT2D eigenvalue weighted by Crippen LogP contribution is 2.28. The van der Waals surface area contributed by atoms with Crippen LogP contribution in [0.15, 0.2) is 0 Å². The summed E-state index contributed by atoms with van der Waals surface area (Å²) in [6.45, 7) is 8.55. The molecule has 0 aliphatic heterocycles. The van der Waals surface area contributed by atoms with Gasteiger partial charge in [-0.3, -0.25) is 14.4 Å². The standard InChI is InChI=1S/C23H37F2N3O7/c1-12(2)10-15(19(30)26-14(11-16(24)25)18(29)21(32)33)27-20(31)17(13-8-6-7-9-13)28-22(34)35-23(3,4)5/h12-17H,6-11H2,1-5H3,(H,26,30)(H,27,31)(H,28,34)(H,32,33)/t14-,15-,17?/m0/s1. The van der Waals surface area contributed by atoms with Crippen LogP contribution in [0.4, 0.5) is 13.6 Å². The molecule has 0 aromatic heterocycles. The number of carboxylic acid groups (broad SMARTS) is 1. The number of Topliss-reactive ketones (excluding diaryl/α,β-unsaturated/α-hetero) is 1. The number of hydrogen-bond donors (Lipinski definition) is 4. The third kappa shape index (κ3) is 11.0. The Kier molecular flexibility index (Phi) is 11.5. The molecule has 1 unspecified atom stereocenters. The van der Waals surface area contributed by atoms with Crippen molar-refractivity contribution in [1.29, 1.82) is 0 Å². The normalized spacial score (nSPS) is 16.9. The van der Waals surface area contributed by atoms with Crippen LogP contribution in [-0.2, 0) is 23.9 Å². The molecular weight excluding hydrogens is 468 g/mol. The lowest BCUT2D eigenvalue weighted by Gasteiger charge is -2.29. The van der Waals surface area contributed by atoms with Gasteiger partial charge in [0.1, 0.15) is 23.7 Å². The van der Waals surface area contributed by atoms with Gasteiger partial charge in [-0.05, 0) is 51.9 Å². The number of carbonyl (C=O) groups excluding carboxylic acids is 4. The molecule has 0 spiro atoms. The van der Waals surface area contributed by atoms with Gasteiger partial charge in [0.25, 0.3) is 5.78 Å². The highest BCUT2D eigenvalue weighted by atomic mass is 19.3. The summed E-state index contributed by atoms with van der Waals surface area (Å²) in [5.41, 5.74) is -0.794. The average Bonchev–Trinajstić information content (AvgIpc) is 3.22. The van der Waals surface area contributed by atoms with E-state index in [1.54, 1.807) is 34.6 Å². The van der Waals surface area contributed by atoms with Crippen molar-refractivity contribution in [2.24, 2.45) is 11.8 Å². The van der Waals surface area contributed by atoms with Gasteiger partial charge in [0.2, 0.25) is 18.2 Å². The summed E-state index contributed by atoms with van der Waals surface area (Å²) in [5.74, 6) is -5.47. The number of carboxylic acids is 1. The molecule has 3 atom stereocenters. The fraction of sp³-hybridized carbons (Fsp3) is 0.783. The van der Waals surface area contributed by atoms with Gasteiger partial charge >= 0.3 is 12.1 Å². The Morgan fingerprint density at radius 1 is 0.914 bits per heavy atom. The Labute approximate surface area is 203 Å². The molecule has 3 amide bonds. The lowest BCUT2D eigenvalue weighted by molar-refractivity contribution is -0.151. The lowest BCUT2D eigenvalue weighted by atomic mass is 9.96. The molecule has 200 valence electrons. The Morgan fingerprint density at radius 3 is 1.91 bits per heavy atom. The number of carbonyl (C=O) groups is 5. The van der Waals surface area contributed by atoms with Crippen LogP contribution in [0.25, 0.3) is 0 Å². The minimum absolute atomic E-state index is 0.0874. The summed E-state index contributed by atoms with van der Waals surface area (Å²) in [7, 11) is 0. The van der Waals surface area contributed by atoms with E-state index < -0.39 is 66.2 Å². The predicted molar refractivity (Wildman–Crippen MR) is 122 cm³/mol. The van der Waals surface area contributed by atoms with Crippen molar-refractivity contribution in [3.63, 3.8) is 0 Å². The van der Waals surface area contributed by atoms with Crippen molar-refractivity contribution in [1.82, 2.24) is 16.0 Å². The highest BCUT2D eigenvalue weighted by Gasteiger charge is 2.37. The second-order valence-corrected chi connectivity index (χ2v) is 10.2. The van der Waals surface area contributed by atoms with E-state index in [4.69, 9.17) is 9.84 Å². The highest BCUT2D eigenvalue weighted by molar-refractivity contribution is 6.35. The van der Waals surface area contributed by atoms with Gasteiger partial charge in [0.05, 0.1) is 0 Å². The summed E-state index contributed by atoms with van der Waals surface area (Å²) < 4.78 is 31.0. The van der Waals surface area contributed by atoms with E-state index in [0.29, 0.717) is 12.8 Å². The van der Waals surface area contributed by atoms with Crippen molar-refractivity contribution in [3.8, 4) is 0 Å². The predicted octanol–water partition coefficient (Wildman–Crippen LogP) is 2.39. The number of amides is 3. The zero-order valence-electron chi connectivity index (χ0n) is 20.9. The molecule has 0 heterocycles. The number of nitrogens with one attached hydrogen (secondary N) is 3. The molecule has 0 aromatic rings. The lowest BCUT2D eigenvalue weighted by Crippen LogP contribution is -2.58. The molecule has 35 heavy (non-hydrogen) atoms. The fourth-order valence-electron chi connectivity index (χ4n) is 3.92. The van der Waals surface area contributed by atoms with Gasteiger partial charge < -0.3 is 25.8 Å². The average molecular weight is 506 g/mol. The zero-order valence-corrected chi connectivity index (χ0v) is 20.9. The second-order valence-electron chi connectivity index (χ2n) is 10.2. The van der Waals surface area contributed by atoms with Crippen molar-refractivity contribution in [2.45, 2.75) is 103 Å². The molecule has 1 aliphatic rings. The molecule has 0 radical (unpaired) electrons. The topological polar surface area (TPSA) is 151 Å². The monoisotopic (exact) mass is 505 g/mol. The number of halogens is 2. The summed E-state index contributed by atoms with van der Waals surface area (Å²) in [6, 6.07) is -4.18. The first-order valence-corrected chi connectivity index (χ1v) is 11.8. The van der Waals surface area contributed by atoms with Gasteiger partial charge in [-0.15, -0.1) is 0 Å². The molecule has 1 fully saturated rings. The number of ether oxygens (including phenoxy) is 1. The molecule has 1 saturated carbocycles. The summed E-state index contributed by atoms with van der Waals surface area (Å²) in [4.78, 5) is 61.2. The van der Waals surface area contributed by atoms with Crippen LogP contribution < -0.4 is 16.0 Å². The molecule has 12 heteroatoms. The Balaban J connectivity index is 3.06. The Morgan fingerprint density at radius 2 is 1.46 bits per heavy atom. The third-order valence-electron chi connectivity index (χ3n) is 5.42. The van der Waals surface area contributed by atoms with Crippen LogP contribution in [-0.4, -0.2) is 64.9 Å². The maximum atomic E-state index is 13.2. The van der Waals surface area contributed by atoms with E-state index in [0.717, 1.165) is 12.8 Å². The van der Waals surface area contributed by atoms with Crippen LogP contribution in [0, 0.1) is 11.8 Å². The Bertz CT molecular complexity index is 778. The summed E-state index contributed by atoms with van der Waals surface area (Å²) in [6.07, 6.45) is -1.82. The van der Waals surface area contributed by atoms with E-state index in [9.17, 15) is 32.8 Å². The van der Waals surface area contributed by atoms with E-state index in [2.05, 4.69) is 10.6 Å². The van der Waals surface area contributed by atoms with Crippen molar-refractivity contribution >= 4 is 29.7 Å². The number of alkyl carbamates (subject to hydrolysis) is 1. The van der Waals surface area contributed by atoms with Crippen LogP contribution in [0.1, 0.15) is 73.1 Å². The third-order valence-corrected chi connectivity index (χ3v) is 5.42. The number of ketones is 1. The summed E-state index contributed by atoms with van der Waals surface area (Å²) in [5, 5.41) is 16.1. The number of rotatable bonds is 12. The SMILES string of the molecule is CC(C)C[C@H](NC(=O)C(NC(=O)OC(C)(C)C)C1CCCC1)C(=O)N[C@@H](CC(F)F)C(=O)C(=O)O. The van der Waals surface area contributed by atoms with Crippen molar-refractivity contribution in [3.05, 3.63) is 0 Å². The minimum atomic E-state index is -3.04. The van der Waals surface area contributed by atoms with Gasteiger partial charge in [-0.25, -0.2) is 18.4 Å². The van der Waals surface area contributed by atoms with E-state index in [-0.39, 0.29) is 18.3 Å². The fourth-order valence-corrected chi connectivity index (χ4v) is 3.92. The molecule has 1 rings (SSSR count). The number of aliphatic carboxylic acids is 1. The smallest absolute Gasteiger partial charge is 0.408 e. The van der Waals surface area contributed by atoms with E-state index >= 15 is 0 Å². The maximum absolute atomic E-state index is 13.2. The molecular formula is C23H37F2N3O7. The van der Waals surface area contributed by atoms with Crippen LogP contribution in [0.5, 0.6) is 0 Å². The first kappa shape index (κ1) is 30.2. The second kappa shape index (κ2) is 13.3. The Hall–Kier alpha value is -2.79. The van der Waals surface area contributed by atoms with E-state index in [1.165, 1.54) is 0 Å². The quantitative estimate of drug-likeness (QED) is 0.297. The molecule has 0 saturated heterocycles. The van der Waals surface area contributed by atoms with Gasteiger partial charge in [-0.1, -0.05) is 26.7 Å². The van der Waals surface area contributed by atoms with E-state index in [1.807, 2.05) is 5.32 Å². The van der Waals surface area contributed by atoms with Gasteiger partial charge in [0, 0.05) is 6.42 Å². The molecule has 0 bridgehead atoms. The number of hydrogen-bond acceptors (Lipinski definition) is 6. The zero-order chi connectivity index (χ0) is 26.9. The molecule has 0 aromatic carbocycles. The van der Waals surface area contributed by atoms with Crippen LogP contribution in [0.3, 0.4) is 0 Å². The summed E-state index contributed by atoms with van der Waals surface area (Å²) >= 11 is 0. The van der Waals surface area contributed by atoms with Gasteiger partial charge in [-0.2, -0.15) is 0 Å². The van der Waals surface area contributed by atoms with Crippen LogP contribution >= 0.6 is 0 Å².